The van der Waals surface area contributed by atoms with Crippen molar-refractivity contribution in [3.05, 3.63) is 65.0 Å². The number of aromatic amines is 1. The number of aromatic nitrogens is 2. The van der Waals surface area contributed by atoms with Crippen molar-refractivity contribution >= 4 is 29.5 Å². The minimum absolute atomic E-state index is 0.244. The average Bonchev–Trinajstić information content (AvgIpc) is 3.31. The molecule has 3 aromatic rings. The van der Waals surface area contributed by atoms with Gasteiger partial charge < -0.3 is 9.88 Å². The number of nitrogens with zero attached hydrogens (tertiary/aromatic N) is 3. The van der Waals surface area contributed by atoms with Crippen molar-refractivity contribution in [1.29, 1.82) is 10.7 Å². The molecular formula is C26H29N5S. The van der Waals surface area contributed by atoms with Crippen LogP contribution in [0, 0.1) is 30.6 Å². The Bertz CT molecular complexity index is 1170. The van der Waals surface area contributed by atoms with Gasteiger partial charge in [-0.1, -0.05) is 49.6 Å². The molecule has 3 unspecified atom stereocenters. The van der Waals surface area contributed by atoms with E-state index < -0.39 is 5.41 Å². The molecule has 6 heteroatoms. The fraction of sp³-hybridized carbons (Fsp3) is 0.423. The van der Waals surface area contributed by atoms with Crippen LogP contribution in [0.2, 0.25) is 0 Å². The van der Waals surface area contributed by atoms with E-state index in [1.165, 1.54) is 17.5 Å². The Hall–Kier alpha value is -2.78. The Morgan fingerprint density at radius 1 is 1.12 bits per heavy atom. The third-order valence-corrected chi connectivity index (χ3v) is 8.00. The number of nitrogens with one attached hydrogen (secondary N) is 2. The highest BCUT2D eigenvalue weighted by molar-refractivity contribution is 7.81. The van der Waals surface area contributed by atoms with Crippen molar-refractivity contribution < 1.29 is 0 Å². The first kappa shape index (κ1) is 21.1. The summed E-state index contributed by atoms with van der Waals surface area (Å²) >= 11 is 5.07. The molecule has 5 nitrogen and oxygen atoms in total. The lowest BCUT2D eigenvalue weighted by atomic mass is 9.74. The van der Waals surface area contributed by atoms with Gasteiger partial charge in [0.25, 0.3) is 0 Å². The maximum Gasteiger partial charge on any atom is 0.181 e. The number of thiol groups is 1. The molecule has 0 spiro atoms. The van der Waals surface area contributed by atoms with Crippen LogP contribution in [0.15, 0.2) is 42.5 Å². The van der Waals surface area contributed by atoms with Gasteiger partial charge in [-0.15, -0.1) is 0 Å². The van der Waals surface area contributed by atoms with Crippen molar-refractivity contribution in [1.82, 2.24) is 14.9 Å². The molecule has 2 aromatic carbocycles. The summed E-state index contributed by atoms with van der Waals surface area (Å²) < 4.78 is 0. The van der Waals surface area contributed by atoms with Gasteiger partial charge in [0.05, 0.1) is 22.5 Å². The number of aryl methyl sites for hydroxylation is 2. The van der Waals surface area contributed by atoms with E-state index in [9.17, 15) is 10.7 Å². The number of hydrogen-bond acceptors (Lipinski definition) is 4. The quantitative estimate of drug-likeness (QED) is 0.461. The molecular weight excluding hydrogens is 414 g/mol. The fourth-order valence-electron chi connectivity index (χ4n) is 5.60. The van der Waals surface area contributed by atoms with E-state index in [4.69, 9.17) is 17.6 Å². The van der Waals surface area contributed by atoms with Gasteiger partial charge in [0, 0.05) is 12.0 Å². The normalized spacial score (nSPS) is 26.6. The van der Waals surface area contributed by atoms with E-state index in [1.54, 1.807) is 0 Å². The van der Waals surface area contributed by atoms with Crippen LogP contribution in [-0.2, 0) is 5.41 Å². The van der Waals surface area contributed by atoms with Crippen LogP contribution in [0.4, 0.5) is 0 Å². The second-order valence-corrected chi connectivity index (χ2v) is 9.84. The van der Waals surface area contributed by atoms with Crippen molar-refractivity contribution in [2.45, 2.75) is 68.7 Å². The van der Waals surface area contributed by atoms with Gasteiger partial charge in [0.1, 0.15) is 11.7 Å². The molecule has 1 aliphatic carbocycles. The average molecular weight is 444 g/mol. The monoisotopic (exact) mass is 443 g/mol. The number of H-pyrrole nitrogens is 1. The minimum atomic E-state index is -1.22. The molecule has 2 N–H and O–H groups in total. The maximum atomic E-state index is 10.7. The number of amidine groups is 1. The second kappa shape index (κ2) is 7.97. The highest BCUT2D eigenvalue weighted by Gasteiger charge is 2.61. The summed E-state index contributed by atoms with van der Waals surface area (Å²) in [5, 5.41) is 19.8. The largest absolute Gasteiger partial charge is 0.343 e. The van der Waals surface area contributed by atoms with E-state index in [1.807, 2.05) is 18.2 Å². The molecule has 1 saturated heterocycles. The number of imidazole rings is 1. The van der Waals surface area contributed by atoms with Crippen LogP contribution in [0.5, 0.6) is 0 Å². The first-order valence-electron chi connectivity index (χ1n) is 11.5. The zero-order valence-corrected chi connectivity index (χ0v) is 19.5. The Balaban J connectivity index is 1.71. The van der Waals surface area contributed by atoms with E-state index in [0.29, 0.717) is 11.7 Å². The van der Waals surface area contributed by atoms with Crippen molar-refractivity contribution in [2.75, 3.05) is 0 Å². The summed E-state index contributed by atoms with van der Waals surface area (Å²) in [5.74, 6) is 0.582. The van der Waals surface area contributed by atoms with Gasteiger partial charge in [0.2, 0.25) is 0 Å². The van der Waals surface area contributed by atoms with Crippen LogP contribution in [0.1, 0.15) is 60.5 Å². The SMILES string of the molecule is Cc1cc2nc(C3(C#N)C(=N)N(C4CCCCC4)C(S)C3c3ccccc3)[nH]c2cc1C. The van der Waals surface area contributed by atoms with Crippen LogP contribution in [0.3, 0.4) is 0 Å². The Labute approximate surface area is 194 Å². The van der Waals surface area contributed by atoms with Crippen molar-refractivity contribution in [3.8, 4) is 6.07 Å². The lowest BCUT2D eigenvalue weighted by Gasteiger charge is -2.36. The minimum Gasteiger partial charge on any atom is -0.343 e. The lowest BCUT2D eigenvalue weighted by molar-refractivity contribution is 0.238. The number of hydrogen-bond donors (Lipinski definition) is 3. The summed E-state index contributed by atoms with van der Waals surface area (Å²) in [6, 6.07) is 17.0. The molecule has 2 heterocycles. The Morgan fingerprint density at radius 2 is 1.81 bits per heavy atom. The molecule has 3 atom stereocenters. The molecule has 0 amide bonds. The molecule has 2 aliphatic rings. The number of nitriles is 1. The molecule has 2 fully saturated rings. The Morgan fingerprint density at radius 3 is 2.50 bits per heavy atom. The number of fused-ring (bicyclic) bond motifs is 1. The van der Waals surface area contributed by atoms with E-state index >= 15 is 0 Å². The molecule has 1 saturated carbocycles. The van der Waals surface area contributed by atoms with Crippen LogP contribution in [-0.4, -0.2) is 32.1 Å². The third kappa shape index (κ3) is 3.06. The van der Waals surface area contributed by atoms with Gasteiger partial charge in [-0.25, -0.2) is 4.98 Å². The predicted molar refractivity (Wildman–Crippen MR) is 131 cm³/mol. The Kier molecular flexibility index (Phi) is 5.25. The number of likely N-dealkylation sites (tertiary alicyclic amines) is 1. The highest BCUT2D eigenvalue weighted by Crippen LogP contribution is 2.52. The van der Waals surface area contributed by atoms with Crippen molar-refractivity contribution in [3.63, 3.8) is 0 Å². The summed E-state index contributed by atoms with van der Waals surface area (Å²) in [7, 11) is 0. The molecule has 0 radical (unpaired) electrons. The molecule has 32 heavy (non-hydrogen) atoms. The predicted octanol–water partition coefficient (Wildman–Crippen LogP) is 5.61. The molecule has 1 aliphatic heterocycles. The van der Waals surface area contributed by atoms with Crippen LogP contribution in [0.25, 0.3) is 11.0 Å². The topological polar surface area (TPSA) is 79.6 Å². The highest BCUT2D eigenvalue weighted by atomic mass is 32.1. The molecule has 0 bridgehead atoms. The van der Waals surface area contributed by atoms with Gasteiger partial charge in [-0.05, 0) is 55.5 Å². The van der Waals surface area contributed by atoms with E-state index in [-0.39, 0.29) is 17.3 Å². The van der Waals surface area contributed by atoms with Crippen LogP contribution < -0.4 is 0 Å². The summed E-state index contributed by atoms with van der Waals surface area (Å²) in [6.45, 7) is 4.15. The van der Waals surface area contributed by atoms with Crippen LogP contribution >= 0.6 is 12.6 Å². The molecule has 164 valence electrons. The third-order valence-electron chi connectivity index (χ3n) is 7.46. The zero-order chi connectivity index (χ0) is 22.5. The van der Waals surface area contributed by atoms with Gasteiger partial charge in [-0.2, -0.15) is 17.9 Å². The second-order valence-electron chi connectivity index (χ2n) is 9.31. The van der Waals surface area contributed by atoms with Gasteiger partial charge >= 0.3 is 0 Å². The molecule has 5 rings (SSSR count). The van der Waals surface area contributed by atoms with Gasteiger partial charge in [-0.3, -0.25) is 5.41 Å². The zero-order valence-electron chi connectivity index (χ0n) is 18.6. The maximum absolute atomic E-state index is 10.7. The number of rotatable bonds is 3. The fourth-order valence-corrected chi connectivity index (χ4v) is 6.30. The first-order valence-corrected chi connectivity index (χ1v) is 12.0. The van der Waals surface area contributed by atoms with E-state index in [0.717, 1.165) is 42.3 Å². The summed E-state index contributed by atoms with van der Waals surface area (Å²) in [5.41, 5.74) is 3.89. The molecule has 1 aromatic heterocycles. The summed E-state index contributed by atoms with van der Waals surface area (Å²) in [6.07, 6.45) is 5.64. The van der Waals surface area contributed by atoms with E-state index in [2.05, 4.69) is 54.1 Å². The number of benzene rings is 2. The first-order chi connectivity index (χ1) is 15.5. The van der Waals surface area contributed by atoms with Crippen molar-refractivity contribution in [2.24, 2.45) is 0 Å². The van der Waals surface area contributed by atoms with Gasteiger partial charge in [0.15, 0.2) is 5.41 Å². The summed E-state index contributed by atoms with van der Waals surface area (Å²) in [4.78, 5) is 10.5. The smallest absolute Gasteiger partial charge is 0.181 e. The standard InChI is InChI=1S/C26H29N5S/c1-16-13-20-21(14-17(16)2)30-25(29-20)26(15-27)22(18-9-5-3-6-10-18)23(32)31(24(26)28)19-11-7-4-8-12-19/h3,5-6,9-10,13-14,19,22-23,28,32H,4,7-8,11-12H2,1-2H3,(H,29,30). The lowest BCUT2D eigenvalue weighted by Crippen LogP contribution is -2.44.